The number of fused-ring (bicyclic) bond motifs is 1. The normalized spacial score (nSPS) is 15.5. The van der Waals surface area contributed by atoms with Crippen LogP contribution in [0.3, 0.4) is 0 Å². The number of rotatable bonds is 5. The van der Waals surface area contributed by atoms with Crippen molar-refractivity contribution in [3.05, 3.63) is 101 Å². The summed E-state index contributed by atoms with van der Waals surface area (Å²) in [5.74, 6) is 1.57. The van der Waals surface area contributed by atoms with Crippen LogP contribution in [-0.2, 0) is 6.42 Å². The highest BCUT2D eigenvalue weighted by Crippen LogP contribution is 2.39. The molecule has 1 unspecified atom stereocenters. The first kappa shape index (κ1) is 21.9. The van der Waals surface area contributed by atoms with E-state index in [-0.39, 0.29) is 18.4 Å². The maximum atomic E-state index is 5.60. The first-order valence-corrected chi connectivity index (χ1v) is 9.99. The van der Waals surface area contributed by atoms with Gasteiger partial charge in [-0.1, -0.05) is 66.7 Å². The van der Waals surface area contributed by atoms with Gasteiger partial charge in [0.05, 0.1) is 20.3 Å². The molecule has 1 heterocycles. The van der Waals surface area contributed by atoms with Crippen LogP contribution in [0.2, 0.25) is 0 Å². The van der Waals surface area contributed by atoms with Crippen molar-refractivity contribution in [3.8, 4) is 11.5 Å². The van der Waals surface area contributed by atoms with E-state index in [9.17, 15) is 0 Å². The maximum Gasteiger partial charge on any atom is 0.161 e. The number of benzene rings is 3. The summed E-state index contributed by atoms with van der Waals surface area (Å²) in [6, 6.07) is 25.6. The van der Waals surface area contributed by atoms with Gasteiger partial charge in [-0.15, -0.1) is 12.4 Å². The average molecular weight is 422 g/mol. The van der Waals surface area contributed by atoms with E-state index in [1.807, 2.05) is 0 Å². The molecule has 0 aromatic heterocycles. The van der Waals surface area contributed by atoms with Crippen LogP contribution in [-0.4, -0.2) is 32.7 Å². The number of ether oxygens (including phenoxy) is 2. The van der Waals surface area contributed by atoms with Crippen LogP contribution >= 0.6 is 12.4 Å². The average Bonchev–Trinajstić information content (AvgIpc) is 2.78. The minimum absolute atomic E-state index is 0. The van der Waals surface area contributed by atoms with Crippen LogP contribution in [0.25, 0.3) is 5.57 Å². The van der Waals surface area contributed by atoms with Crippen LogP contribution in [0.5, 0.6) is 11.5 Å². The van der Waals surface area contributed by atoms with Gasteiger partial charge in [-0.05, 0) is 53.4 Å². The van der Waals surface area contributed by atoms with Gasteiger partial charge in [-0.25, -0.2) is 0 Å². The van der Waals surface area contributed by atoms with Crippen LogP contribution in [0, 0.1) is 0 Å². The monoisotopic (exact) mass is 421 g/mol. The summed E-state index contributed by atoms with van der Waals surface area (Å²) < 4.78 is 11.1. The Morgan fingerprint density at radius 3 is 1.93 bits per heavy atom. The summed E-state index contributed by atoms with van der Waals surface area (Å²) in [4.78, 5) is 2.40. The number of methoxy groups -OCH3 is 2. The van der Waals surface area contributed by atoms with E-state index in [0.717, 1.165) is 24.5 Å². The molecule has 4 rings (SSSR count). The Morgan fingerprint density at radius 1 is 0.867 bits per heavy atom. The smallest absolute Gasteiger partial charge is 0.161 e. The van der Waals surface area contributed by atoms with E-state index < -0.39 is 0 Å². The Labute approximate surface area is 185 Å². The van der Waals surface area contributed by atoms with Gasteiger partial charge < -0.3 is 9.47 Å². The minimum atomic E-state index is 0. The standard InChI is InChI=1S/C26H27NO2.ClH/c1-27-15-14-21-16-25(28-2)26(29-3)18-23(21)24(27)17-22(19-10-6-4-7-11-19)20-12-8-5-9-13-20;/h4-13,16-18,24H,14-15H2,1-3H3;1H. The van der Waals surface area contributed by atoms with Gasteiger partial charge in [0.25, 0.3) is 0 Å². The Bertz CT molecular complexity index is 961. The number of hydrogen-bond donors (Lipinski definition) is 0. The fourth-order valence-electron chi connectivity index (χ4n) is 4.07. The molecule has 0 bridgehead atoms. The zero-order valence-corrected chi connectivity index (χ0v) is 18.5. The Hall–Kier alpha value is -2.75. The van der Waals surface area contributed by atoms with Gasteiger partial charge >= 0.3 is 0 Å². The highest BCUT2D eigenvalue weighted by atomic mass is 35.5. The van der Waals surface area contributed by atoms with E-state index in [0.29, 0.717) is 0 Å². The van der Waals surface area contributed by atoms with E-state index in [4.69, 9.17) is 9.47 Å². The van der Waals surface area contributed by atoms with Crippen molar-refractivity contribution >= 4 is 18.0 Å². The zero-order valence-electron chi connectivity index (χ0n) is 17.7. The molecule has 0 N–H and O–H groups in total. The molecule has 0 saturated carbocycles. The molecule has 0 aliphatic carbocycles. The third-order valence-corrected chi connectivity index (χ3v) is 5.67. The van der Waals surface area contributed by atoms with Crippen LogP contribution < -0.4 is 9.47 Å². The minimum Gasteiger partial charge on any atom is -0.493 e. The SMILES string of the molecule is COc1cc2c(cc1OC)C(C=C(c1ccccc1)c1ccccc1)N(C)CC2.Cl. The van der Waals surface area contributed by atoms with Crippen LogP contribution in [0.15, 0.2) is 78.9 Å². The molecule has 1 aliphatic rings. The predicted octanol–water partition coefficient (Wildman–Crippen LogP) is 5.79. The lowest BCUT2D eigenvalue weighted by Gasteiger charge is -2.34. The third kappa shape index (κ3) is 4.38. The lowest BCUT2D eigenvalue weighted by atomic mass is 9.88. The molecular formula is C26H28ClNO2. The first-order valence-electron chi connectivity index (χ1n) is 9.99. The summed E-state index contributed by atoms with van der Waals surface area (Å²) in [7, 11) is 5.58. The molecule has 3 nitrogen and oxygen atoms in total. The van der Waals surface area contributed by atoms with E-state index in [1.165, 1.54) is 27.8 Å². The first-order chi connectivity index (χ1) is 14.2. The molecule has 1 atom stereocenters. The maximum absolute atomic E-state index is 5.60. The van der Waals surface area contributed by atoms with Crippen LogP contribution in [0.4, 0.5) is 0 Å². The molecule has 0 saturated heterocycles. The summed E-state index contributed by atoms with van der Waals surface area (Å²) in [6.45, 7) is 1.00. The lowest BCUT2D eigenvalue weighted by molar-refractivity contribution is 0.269. The summed E-state index contributed by atoms with van der Waals surface area (Å²) in [5, 5.41) is 0. The Morgan fingerprint density at radius 2 is 1.40 bits per heavy atom. The largest absolute Gasteiger partial charge is 0.493 e. The Kier molecular flexibility index (Phi) is 7.20. The summed E-state index contributed by atoms with van der Waals surface area (Å²) >= 11 is 0. The highest BCUT2D eigenvalue weighted by Gasteiger charge is 2.26. The van der Waals surface area contributed by atoms with Crippen molar-refractivity contribution in [2.24, 2.45) is 0 Å². The van der Waals surface area contributed by atoms with E-state index in [2.05, 4.69) is 90.8 Å². The van der Waals surface area contributed by atoms with Crippen molar-refractivity contribution in [2.75, 3.05) is 27.8 Å². The van der Waals surface area contributed by atoms with Gasteiger partial charge in [0.2, 0.25) is 0 Å². The van der Waals surface area contributed by atoms with Crippen molar-refractivity contribution < 1.29 is 9.47 Å². The molecule has 0 spiro atoms. The van der Waals surface area contributed by atoms with Crippen molar-refractivity contribution in [1.82, 2.24) is 4.90 Å². The number of hydrogen-bond acceptors (Lipinski definition) is 3. The highest BCUT2D eigenvalue weighted by molar-refractivity contribution is 5.85. The van der Waals surface area contributed by atoms with Crippen molar-refractivity contribution in [1.29, 1.82) is 0 Å². The lowest BCUT2D eigenvalue weighted by Crippen LogP contribution is -2.31. The van der Waals surface area contributed by atoms with Gasteiger partial charge in [0.15, 0.2) is 11.5 Å². The van der Waals surface area contributed by atoms with Gasteiger partial charge in [0, 0.05) is 6.54 Å². The number of likely N-dealkylation sites (N-methyl/N-ethyl adjacent to an activating group) is 1. The number of halogens is 1. The fraction of sp³-hybridized carbons (Fsp3) is 0.231. The fourth-order valence-corrected chi connectivity index (χ4v) is 4.07. The topological polar surface area (TPSA) is 21.7 Å². The molecule has 1 aliphatic heterocycles. The van der Waals surface area contributed by atoms with E-state index >= 15 is 0 Å². The molecule has 0 fully saturated rings. The van der Waals surface area contributed by atoms with E-state index in [1.54, 1.807) is 14.2 Å². The second-order valence-corrected chi connectivity index (χ2v) is 7.39. The summed E-state index contributed by atoms with van der Waals surface area (Å²) in [6.07, 6.45) is 3.39. The Balaban J connectivity index is 0.00000256. The summed E-state index contributed by atoms with van der Waals surface area (Å²) in [5.41, 5.74) is 6.29. The van der Waals surface area contributed by atoms with Crippen LogP contribution in [0.1, 0.15) is 28.3 Å². The second kappa shape index (κ2) is 9.84. The predicted molar refractivity (Wildman–Crippen MR) is 126 cm³/mol. The molecule has 4 heteroatoms. The van der Waals surface area contributed by atoms with Crippen molar-refractivity contribution in [3.63, 3.8) is 0 Å². The third-order valence-electron chi connectivity index (χ3n) is 5.67. The molecule has 156 valence electrons. The van der Waals surface area contributed by atoms with Crippen molar-refractivity contribution in [2.45, 2.75) is 12.5 Å². The molecule has 30 heavy (non-hydrogen) atoms. The molecule has 3 aromatic carbocycles. The molecular weight excluding hydrogens is 394 g/mol. The quantitative estimate of drug-likeness (QED) is 0.520. The molecule has 0 radical (unpaired) electrons. The molecule has 0 amide bonds. The second-order valence-electron chi connectivity index (χ2n) is 7.39. The molecule has 3 aromatic rings. The number of nitrogens with zero attached hydrogens (tertiary/aromatic N) is 1. The van der Waals surface area contributed by atoms with Gasteiger partial charge in [-0.3, -0.25) is 4.90 Å². The van der Waals surface area contributed by atoms with Gasteiger partial charge in [-0.2, -0.15) is 0 Å². The van der Waals surface area contributed by atoms with Gasteiger partial charge in [0.1, 0.15) is 0 Å². The zero-order chi connectivity index (χ0) is 20.2.